The minimum absolute atomic E-state index is 0.0172. The monoisotopic (exact) mass is 289 g/mol. The quantitative estimate of drug-likeness (QED) is 0.776. The minimum atomic E-state index is -3.13. The molecule has 5 nitrogen and oxygen atoms in total. The number of carbonyl (C=O) groups excluding carboxylic acids is 1. The predicted octanol–water partition coefficient (Wildman–Crippen LogP) is 1.04. The number of carbonyl (C=O) groups is 1. The number of hydrogen-bond acceptors (Lipinski definition) is 4. The van der Waals surface area contributed by atoms with Gasteiger partial charge in [-0.05, 0) is 32.1 Å². The fourth-order valence-corrected chi connectivity index (χ4v) is 3.93. The van der Waals surface area contributed by atoms with Gasteiger partial charge in [-0.3, -0.25) is 4.79 Å². The van der Waals surface area contributed by atoms with E-state index >= 15 is 0 Å². The molecule has 0 aromatic heterocycles. The molecule has 2 aliphatic heterocycles. The van der Waals surface area contributed by atoms with Crippen LogP contribution in [0.5, 0.6) is 0 Å². The van der Waals surface area contributed by atoms with Gasteiger partial charge in [0.15, 0.2) is 0 Å². The van der Waals surface area contributed by atoms with Crippen molar-refractivity contribution < 1.29 is 17.9 Å². The Hall–Kier alpha value is -0.460. The van der Waals surface area contributed by atoms with E-state index in [2.05, 4.69) is 0 Å². The van der Waals surface area contributed by atoms with Crippen LogP contribution in [0.4, 0.5) is 0 Å². The van der Waals surface area contributed by atoms with Crippen LogP contribution in [-0.2, 0) is 19.6 Å². The summed E-state index contributed by atoms with van der Waals surface area (Å²) in [5.74, 6) is 0.431. The van der Waals surface area contributed by atoms with Gasteiger partial charge in [0.1, 0.15) is 5.78 Å². The summed E-state index contributed by atoms with van der Waals surface area (Å²) in [6.07, 6.45) is 4.51. The first-order valence-electron chi connectivity index (χ1n) is 6.95. The van der Waals surface area contributed by atoms with Crippen LogP contribution in [-0.4, -0.2) is 50.6 Å². The average Bonchev–Trinajstić information content (AvgIpc) is 2.75. The standard InChI is InChI=1S/C13H23NO4S/c1-10-6-12(9-18-10)13(15)7-11-4-3-5-14(8-11)19(2,16)17/h10-12H,3-9H2,1-2H3. The number of rotatable bonds is 4. The molecule has 0 bridgehead atoms. The molecule has 0 N–H and O–H groups in total. The number of ether oxygens (including phenoxy) is 1. The van der Waals surface area contributed by atoms with Crippen molar-refractivity contribution in [3.05, 3.63) is 0 Å². The summed E-state index contributed by atoms with van der Waals surface area (Å²) in [6.45, 7) is 3.60. The fourth-order valence-electron chi connectivity index (χ4n) is 2.99. The Morgan fingerprint density at radius 3 is 2.74 bits per heavy atom. The molecule has 110 valence electrons. The Bertz CT molecular complexity index is 434. The van der Waals surface area contributed by atoms with E-state index in [-0.39, 0.29) is 23.7 Å². The number of hydrogen-bond donors (Lipinski definition) is 0. The maximum absolute atomic E-state index is 12.2. The molecule has 0 aromatic rings. The smallest absolute Gasteiger partial charge is 0.211 e. The minimum Gasteiger partial charge on any atom is -0.378 e. The molecule has 3 unspecified atom stereocenters. The molecule has 6 heteroatoms. The van der Waals surface area contributed by atoms with Crippen LogP contribution in [0.1, 0.15) is 32.6 Å². The van der Waals surface area contributed by atoms with Crippen LogP contribution in [0.25, 0.3) is 0 Å². The Balaban J connectivity index is 1.87. The molecule has 0 amide bonds. The Kier molecular flexibility index (Phi) is 4.63. The Morgan fingerprint density at radius 1 is 1.42 bits per heavy atom. The fraction of sp³-hybridized carbons (Fsp3) is 0.923. The lowest BCUT2D eigenvalue weighted by atomic mass is 9.89. The highest BCUT2D eigenvalue weighted by atomic mass is 32.2. The normalized spacial score (nSPS) is 33.5. The highest BCUT2D eigenvalue weighted by Crippen LogP contribution is 2.26. The van der Waals surface area contributed by atoms with E-state index in [1.54, 1.807) is 0 Å². The van der Waals surface area contributed by atoms with Crippen LogP contribution in [0, 0.1) is 11.8 Å². The maximum atomic E-state index is 12.2. The van der Waals surface area contributed by atoms with E-state index in [0.717, 1.165) is 19.3 Å². The summed E-state index contributed by atoms with van der Waals surface area (Å²) in [7, 11) is -3.13. The molecule has 2 saturated heterocycles. The zero-order chi connectivity index (χ0) is 14.0. The molecule has 0 spiro atoms. The number of nitrogens with zero attached hydrogens (tertiary/aromatic N) is 1. The van der Waals surface area contributed by atoms with Crippen LogP contribution < -0.4 is 0 Å². The molecular weight excluding hydrogens is 266 g/mol. The van der Waals surface area contributed by atoms with Gasteiger partial charge in [0.05, 0.1) is 19.0 Å². The Labute approximate surface area is 115 Å². The van der Waals surface area contributed by atoms with E-state index in [1.807, 2.05) is 6.92 Å². The van der Waals surface area contributed by atoms with Crippen LogP contribution in [0.2, 0.25) is 0 Å². The third kappa shape index (κ3) is 4.00. The first kappa shape index (κ1) is 14.9. The molecule has 0 aliphatic carbocycles. The first-order chi connectivity index (χ1) is 8.86. The van der Waals surface area contributed by atoms with Crippen molar-refractivity contribution in [2.24, 2.45) is 11.8 Å². The summed E-state index contributed by atoms with van der Waals surface area (Å²) in [5.41, 5.74) is 0. The van der Waals surface area contributed by atoms with Gasteiger partial charge in [-0.1, -0.05) is 0 Å². The Morgan fingerprint density at radius 2 is 2.16 bits per heavy atom. The molecular formula is C13H23NO4S. The van der Waals surface area contributed by atoms with E-state index in [4.69, 9.17) is 4.74 Å². The molecule has 2 heterocycles. The first-order valence-corrected chi connectivity index (χ1v) is 8.80. The zero-order valence-corrected chi connectivity index (χ0v) is 12.5. The van der Waals surface area contributed by atoms with Crippen LogP contribution >= 0.6 is 0 Å². The van der Waals surface area contributed by atoms with Crippen LogP contribution in [0.15, 0.2) is 0 Å². The summed E-state index contributed by atoms with van der Waals surface area (Å²) in [4.78, 5) is 12.2. The summed E-state index contributed by atoms with van der Waals surface area (Å²) >= 11 is 0. The van der Waals surface area contributed by atoms with E-state index < -0.39 is 10.0 Å². The zero-order valence-electron chi connectivity index (χ0n) is 11.7. The lowest BCUT2D eigenvalue weighted by Gasteiger charge is -2.30. The topological polar surface area (TPSA) is 63.7 Å². The number of sulfonamides is 1. The third-order valence-corrected chi connectivity index (χ3v) is 5.36. The lowest BCUT2D eigenvalue weighted by molar-refractivity contribution is -0.124. The second-order valence-electron chi connectivity index (χ2n) is 5.88. The average molecular weight is 289 g/mol. The highest BCUT2D eigenvalue weighted by molar-refractivity contribution is 7.88. The van der Waals surface area contributed by atoms with E-state index in [0.29, 0.717) is 26.1 Å². The second kappa shape index (κ2) is 5.89. The maximum Gasteiger partial charge on any atom is 0.211 e. The lowest BCUT2D eigenvalue weighted by Crippen LogP contribution is -2.40. The van der Waals surface area contributed by atoms with Gasteiger partial charge >= 0.3 is 0 Å². The third-order valence-electron chi connectivity index (χ3n) is 4.09. The summed E-state index contributed by atoms with van der Waals surface area (Å²) < 4.78 is 30.0. The highest BCUT2D eigenvalue weighted by Gasteiger charge is 2.32. The van der Waals surface area contributed by atoms with E-state index in [1.165, 1.54) is 10.6 Å². The molecule has 2 rings (SSSR count). The van der Waals surface area contributed by atoms with Gasteiger partial charge in [0.25, 0.3) is 0 Å². The van der Waals surface area contributed by atoms with Crippen molar-refractivity contribution in [3.63, 3.8) is 0 Å². The molecule has 0 radical (unpaired) electrons. The molecule has 19 heavy (non-hydrogen) atoms. The molecule has 0 saturated carbocycles. The number of piperidine rings is 1. The van der Waals surface area contributed by atoms with Gasteiger partial charge < -0.3 is 4.74 Å². The largest absolute Gasteiger partial charge is 0.378 e. The molecule has 3 atom stereocenters. The summed E-state index contributed by atoms with van der Waals surface area (Å²) in [6, 6.07) is 0. The van der Waals surface area contributed by atoms with Crippen molar-refractivity contribution in [1.82, 2.24) is 4.31 Å². The van der Waals surface area contributed by atoms with Crippen molar-refractivity contribution in [2.75, 3.05) is 26.0 Å². The van der Waals surface area contributed by atoms with Gasteiger partial charge in [0, 0.05) is 25.4 Å². The molecule has 0 aromatic carbocycles. The van der Waals surface area contributed by atoms with Crippen molar-refractivity contribution in [2.45, 2.75) is 38.7 Å². The number of Topliss-reactive ketones (excluding diaryl/α,β-unsaturated/α-hetero) is 1. The predicted molar refractivity (Wildman–Crippen MR) is 72.3 cm³/mol. The van der Waals surface area contributed by atoms with Crippen LogP contribution in [0.3, 0.4) is 0 Å². The molecule has 2 fully saturated rings. The van der Waals surface area contributed by atoms with Crippen molar-refractivity contribution >= 4 is 15.8 Å². The second-order valence-corrected chi connectivity index (χ2v) is 7.86. The van der Waals surface area contributed by atoms with Gasteiger partial charge in [0.2, 0.25) is 10.0 Å². The van der Waals surface area contributed by atoms with Crippen molar-refractivity contribution in [1.29, 1.82) is 0 Å². The molecule has 2 aliphatic rings. The summed E-state index contributed by atoms with van der Waals surface area (Å²) in [5, 5.41) is 0. The van der Waals surface area contributed by atoms with Gasteiger partial charge in [-0.25, -0.2) is 12.7 Å². The van der Waals surface area contributed by atoms with Gasteiger partial charge in [-0.2, -0.15) is 0 Å². The van der Waals surface area contributed by atoms with Gasteiger partial charge in [-0.15, -0.1) is 0 Å². The SMILES string of the molecule is CC1CC(C(=O)CC2CCCN(S(C)(=O)=O)C2)CO1. The van der Waals surface area contributed by atoms with E-state index in [9.17, 15) is 13.2 Å². The number of ketones is 1. The van der Waals surface area contributed by atoms with Crippen molar-refractivity contribution in [3.8, 4) is 0 Å².